The van der Waals surface area contributed by atoms with E-state index < -0.39 is 29.5 Å². The lowest BCUT2D eigenvalue weighted by molar-refractivity contribution is 0.190. The average molecular weight is 458 g/mol. The summed E-state index contributed by atoms with van der Waals surface area (Å²) in [6, 6.07) is 3.48. The highest BCUT2D eigenvalue weighted by atomic mass is 19.1. The molecule has 9 nitrogen and oxygen atoms in total. The number of piperazine rings is 1. The minimum absolute atomic E-state index is 0.0917. The molecule has 1 aromatic carbocycles. The van der Waals surface area contributed by atoms with Gasteiger partial charge in [-0.1, -0.05) is 0 Å². The van der Waals surface area contributed by atoms with Gasteiger partial charge >= 0.3 is 6.03 Å². The maximum absolute atomic E-state index is 14.1. The van der Waals surface area contributed by atoms with Crippen LogP contribution in [0.1, 0.15) is 18.0 Å². The molecule has 1 atom stereocenters. The van der Waals surface area contributed by atoms with Gasteiger partial charge in [0.05, 0.1) is 17.9 Å². The molecule has 3 aromatic rings. The first-order valence-corrected chi connectivity index (χ1v) is 10.2. The van der Waals surface area contributed by atoms with Crippen LogP contribution in [0.5, 0.6) is 0 Å². The molecule has 33 heavy (non-hydrogen) atoms. The van der Waals surface area contributed by atoms with E-state index in [2.05, 4.69) is 25.5 Å². The Morgan fingerprint density at radius 3 is 2.55 bits per heavy atom. The van der Waals surface area contributed by atoms with Crippen LogP contribution < -0.4 is 10.2 Å². The molecule has 0 spiro atoms. The van der Waals surface area contributed by atoms with Crippen molar-refractivity contribution in [1.29, 1.82) is 5.41 Å². The maximum atomic E-state index is 14.1. The van der Waals surface area contributed by atoms with E-state index in [1.54, 1.807) is 11.0 Å². The number of carbonyl (C=O) groups is 1. The Morgan fingerprint density at radius 2 is 1.91 bits per heavy atom. The molecule has 2 aromatic heterocycles. The summed E-state index contributed by atoms with van der Waals surface area (Å²) in [6.45, 7) is 1.48. The van der Waals surface area contributed by atoms with Gasteiger partial charge in [0, 0.05) is 44.9 Å². The van der Waals surface area contributed by atoms with Gasteiger partial charge in [-0.05, 0) is 30.0 Å². The molecule has 0 radical (unpaired) electrons. The second-order valence-electron chi connectivity index (χ2n) is 7.46. The number of hydrogen-bond acceptors (Lipinski definition) is 6. The third-order valence-corrected chi connectivity index (χ3v) is 5.28. The van der Waals surface area contributed by atoms with E-state index in [-0.39, 0.29) is 17.7 Å². The van der Waals surface area contributed by atoms with E-state index in [0.29, 0.717) is 37.8 Å². The molecule has 3 N–H and O–H groups in total. The van der Waals surface area contributed by atoms with Gasteiger partial charge in [0.25, 0.3) is 0 Å². The van der Waals surface area contributed by atoms with Crippen LogP contribution in [-0.4, -0.2) is 63.5 Å². The minimum Gasteiger partial charge on any atom is -0.337 e. The van der Waals surface area contributed by atoms with Crippen LogP contribution in [0, 0.1) is 22.9 Å². The van der Waals surface area contributed by atoms with E-state index >= 15 is 0 Å². The number of hydrogen-bond donors (Lipinski definition) is 3. The SMILES string of the molecule is N=CC[C@H](NC(=O)N1CCN(c2ncc(F)c(-c3ccn[nH]3)n2)CC1)c1cc(F)cc(F)c1. The minimum atomic E-state index is -0.753. The Bertz CT molecular complexity index is 1110. The molecular weight excluding hydrogens is 437 g/mol. The molecule has 3 heterocycles. The van der Waals surface area contributed by atoms with Crippen molar-refractivity contribution in [2.24, 2.45) is 0 Å². The lowest BCUT2D eigenvalue weighted by Crippen LogP contribution is -2.52. The lowest BCUT2D eigenvalue weighted by atomic mass is 10.0. The van der Waals surface area contributed by atoms with E-state index in [0.717, 1.165) is 30.6 Å². The van der Waals surface area contributed by atoms with Crippen molar-refractivity contribution in [3.05, 3.63) is 59.7 Å². The zero-order valence-corrected chi connectivity index (χ0v) is 17.4. The van der Waals surface area contributed by atoms with Crippen molar-refractivity contribution < 1.29 is 18.0 Å². The number of H-pyrrole nitrogens is 1. The van der Waals surface area contributed by atoms with Crippen LogP contribution in [0.2, 0.25) is 0 Å². The van der Waals surface area contributed by atoms with Crippen molar-refractivity contribution in [3.63, 3.8) is 0 Å². The van der Waals surface area contributed by atoms with Gasteiger partial charge in [-0.3, -0.25) is 5.10 Å². The zero-order chi connectivity index (χ0) is 23.4. The standard InChI is InChI=1S/C21H21F3N8O/c22-14-9-13(10-15(23)11-14)17(1-3-25)28-21(33)32-7-5-31(6-8-32)20-26-12-16(24)19(29-20)18-2-4-27-30-18/h2-4,9-12,17,25H,1,5-8H2,(H,27,30)(H,28,33)/t17-/m0/s1. The summed E-state index contributed by atoms with van der Waals surface area (Å²) in [5.74, 6) is -1.75. The molecule has 0 unspecified atom stereocenters. The highest BCUT2D eigenvalue weighted by Crippen LogP contribution is 2.22. The third kappa shape index (κ3) is 5.10. The normalized spacial score (nSPS) is 14.8. The second-order valence-corrected chi connectivity index (χ2v) is 7.46. The fraction of sp³-hybridized carbons (Fsp3) is 0.286. The van der Waals surface area contributed by atoms with Crippen LogP contribution in [-0.2, 0) is 0 Å². The van der Waals surface area contributed by atoms with Crippen LogP contribution in [0.4, 0.5) is 23.9 Å². The first-order valence-electron chi connectivity index (χ1n) is 10.2. The second kappa shape index (κ2) is 9.67. The number of nitrogens with one attached hydrogen (secondary N) is 3. The maximum Gasteiger partial charge on any atom is 0.318 e. The summed E-state index contributed by atoms with van der Waals surface area (Å²) >= 11 is 0. The number of halogens is 3. The zero-order valence-electron chi connectivity index (χ0n) is 17.4. The van der Waals surface area contributed by atoms with Crippen molar-refractivity contribution in [3.8, 4) is 11.4 Å². The van der Waals surface area contributed by atoms with Crippen LogP contribution in [0.25, 0.3) is 11.4 Å². The number of carbonyl (C=O) groups excluding carboxylic acids is 1. The largest absolute Gasteiger partial charge is 0.337 e. The topological polar surface area (TPSA) is 114 Å². The summed E-state index contributed by atoms with van der Waals surface area (Å²) in [7, 11) is 0. The van der Waals surface area contributed by atoms with Gasteiger partial charge in [-0.2, -0.15) is 5.10 Å². The highest BCUT2D eigenvalue weighted by molar-refractivity contribution is 5.75. The molecule has 12 heteroatoms. The molecule has 0 aliphatic carbocycles. The number of urea groups is 1. The van der Waals surface area contributed by atoms with Crippen LogP contribution in [0.3, 0.4) is 0 Å². The Morgan fingerprint density at radius 1 is 1.18 bits per heavy atom. The van der Waals surface area contributed by atoms with Crippen molar-refractivity contribution in [2.75, 3.05) is 31.1 Å². The number of nitrogens with zero attached hydrogens (tertiary/aromatic N) is 5. The van der Waals surface area contributed by atoms with Gasteiger partial charge in [0.15, 0.2) is 5.82 Å². The smallest absolute Gasteiger partial charge is 0.318 e. The van der Waals surface area contributed by atoms with Gasteiger partial charge in [-0.25, -0.2) is 27.9 Å². The Balaban J connectivity index is 1.40. The Hall–Kier alpha value is -3.96. The van der Waals surface area contributed by atoms with Gasteiger partial charge in [-0.15, -0.1) is 0 Å². The summed E-state index contributed by atoms with van der Waals surface area (Å²) in [4.78, 5) is 24.5. The summed E-state index contributed by atoms with van der Waals surface area (Å²) in [5.41, 5.74) is 0.781. The van der Waals surface area contributed by atoms with Crippen LogP contribution in [0.15, 0.2) is 36.7 Å². The fourth-order valence-corrected chi connectivity index (χ4v) is 3.61. The summed E-state index contributed by atoms with van der Waals surface area (Å²) < 4.78 is 41.3. The van der Waals surface area contributed by atoms with E-state index in [9.17, 15) is 18.0 Å². The van der Waals surface area contributed by atoms with Gasteiger partial charge in [0.2, 0.25) is 5.95 Å². The van der Waals surface area contributed by atoms with Gasteiger partial charge < -0.3 is 20.5 Å². The molecular formula is C21H21F3N8O. The average Bonchev–Trinajstić information content (AvgIpc) is 3.33. The predicted octanol–water partition coefficient (Wildman–Crippen LogP) is 2.90. The number of aromatic nitrogens is 4. The van der Waals surface area contributed by atoms with E-state index in [4.69, 9.17) is 5.41 Å². The monoisotopic (exact) mass is 458 g/mol. The third-order valence-electron chi connectivity index (χ3n) is 5.28. The lowest BCUT2D eigenvalue weighted by Gasteiger charge is -2.35. The van der Waals surface area contributed by atoms with E-state index in [1.807, 2.05) is 4.90 Å². The predicted molar refractivity (Wildman–Crippen MR) is 114 cm³/mol. The number of amides is 2. The number of benzene rings is 1. The molecule has 0 bridgehead atoms. The number of rotatable bonds is 6. The van der Waals surface area contributed by atoms with Crippen molar-refractivity contribution in [1.82, 2.24) is 30.4 Å². The molecule has 1 aliphatic heterocycles. The fourth-order valence-electron chi connectivity index (χ4n) is 3.61. The first kappa shape index (κ1) is 22.2. The molecule has 1 aliphatic rings. The highest BCUT2D eigenvalue weighted by Gasteiger charge is 2.25. The Labute approximate surface area is 187 Å². The molecule has 0 saturated carbocycles. The molecule has 2 amide bonds. The first-order chi connectivity index (χ1) is 15.9. The quantitative estimate of drug-likeness (QED) is 0.492. The van der Waals surface area contributed by atoms with Crippen molar-refractivity contribution >= 4 is 18.2 Å². The van der Waals surface area contributed by atoms with Crippen molar-refractivity contribution in [2.45, 2.75) is 12.5 Å². The number of aromatic amines is 1. The Kier molecular flexibility index (Phi) is 6.52. The van der Waals surface area contributed by atoms with Crippen LogP contribution >= 0.6 is 0 Å². The van der Waals surface area contributed by atoms with E-state index in [1.165, 1.54) is 6.20 Å². The molecule has 1 saturated heterocycles. The summed E-state index contributed by atoms with van der Waals surface area (Å²) in [6.07, 6.45) is 3.76. The number of anilines is 1. The molecule has 4 rings (SSSR count). The molecule has 172 valence electrons. The molecule has 1 fully saturated rings. The van der Waals surface area contributed by atoms with Gasteiger partial charge in [0.1, 0.15) is 17.3 Å². The summed E-state index contributed by atoms with van der Waals surface area (Å²) in [5, 5.41) is 16.6.